The highest BCUT2D eigenvalue weighted by Gasteiger charge is 2.65. The Morgan fingerprint density at radius 3 is 2.24 bits per heavy atom. The summed E-state index contributed by atoms with van der Waals surface area (Å²) < 4.78 is 6.54. The van der Waals surface area contributed by atoms with Crippen molar-refractivity contribution in [2.24, 2.45) is 46.8 Å². The maximum Gasteiger partial charge on any atom is 0.102 e. The molecule has 0 aromatic rings. The maximum absolute atomic E-state index is 6.54. The van der Waals surface area contributed by atoms with Crippen molar-refractivity contribution in [1.82, 2.24) is 0 Å². The van der Waals surface area contributed by atoms with Crippen molar-refractivity contribution >= 4 is 0 Å². The molecule has 0 aromatic carbocycles. The van der Waals surface area contributed by atoms with E-state index in [0.29, 0.717) is 12.0 Å². The molecule has 2 bridgehead atoms. The van der Waals surface area contributed by atoms with Gasteiger partial charge >= 0.3 is 0 Å². The van der Waals surface area contributed by atoms with Gasteiger partial charge < -0.3 is 4.74 Å². The molecule has 0 radical (unpaired) electrons. The van der Waals surface area contributed by atoms with Crippen LogP contribution in [-0.4, -0.2) is 6.10 Å². The fourth-order valence-electron chi connectivity index (χ4n) is 6.18. The Morgan fingerprint density at radius 1 is 1.10 bits per heavy atom. The largest absolute Gasteiger partial charge is 0.495 e. The number of fused-ring (bicyclic) bond motifs is 7. The van der Waals surface area contributed by atoms with E-state index in [1.54, 1.807) is 6.42 Å². The molecule has 118 valence electrons. The zero-order valence-corrected chi connectivity index (χ0v) is 14.3. The topological polar surface area (TPSA) is 9.23 Å². The van der Waals surface area contributed by atoms with Crippen molar-refractivity contribution in [2.45, 2.75) is 65.9 Å². The molecule has 1 heteroatoms. The van der Waals surface area contributed by atoms with Crippen LogP contribution in [0, 0.1) is 46.8 Å². The second-order valence-corrected chi connectivity index (χ2v) is 9.04. The fourth-order valence-corrected chi connectivity index (χ4v) is 6.18. The summed E-state index contributed by atoms with van der Waals surface area (Å²) in [7, 11) is 0. The summed E-state index contributed by atoms with van der Waals surface area (Å²) >= 11 is 0. The maximum atomic E-state index is 6.54. The van der Waals surface area contributed by atoms with Gasteiger partial charge in [0.2, 0.25) is 0 Å². The predicted molar refractivity (Wildman–Crippen MR) is 86.7 cm³/mol. The van der Waals surface area contributed by atoms with Gasteiger partial charge in [-0.2, -0.15) is 0 Å². The van der Waals surface area contributed by atoms with Gasteiger partial charge in [0, 0.05) is 5.41 Å². The van der Waals surface area contributed by atoms with Gasteiger partial charge in [-0.3, -0.25) is 0 Å². The number of hydrogen-bond acceptors (Lipinski definition) is 1. The molecule has 1 nitrogen and oxygen atoms in total. The molecule has 8 atom stereocenters. The third kappa shape index (κ3) is 1.88. The Bertz CT molecular complexity index is 453. The zero-order valence-electron chi connectivity index (χ0n) is 14.3. The molecule has 0 amide bonds. The van der Waals surface area contributed by atoms with Crippen LogP contribution >= 0.6 is 0 Å². The molecule has 4 fully saturated rings. The van der Waals surface area contributed by atoms with Gasteiger partial charge in [-0.1, -0.05) is 34.3 Å². The second-order valence-electron chi connectivity index (χ2n) is 9.04. The van der Waals surface area contributed by atoms with Crippen LogP contribution in [-0.2, 0) is 4.74 Å². The highest BCUT2D eigenvalue weighted by molar-refractivity contribution is 5.15. The molecule has 8 unspecified atom stereocenters. The van der Waals surface area contributed by atoms with Crippen molar-refractivity contribution in [2.75, 3.05) is 0 Å². The highest BCUT2D eigenvalue weighted by Crippen LogP contribution is 2.70. The van der Waals surface area contributed by atoms with Crippen LogP contribution in [0.15, 0.2) is 12.3 Å². The van der Waals surface area contributed by atoms with Crippen molar-refractivity contribution in [1.29, 1.82) is 0 Å². The quantitative estimate of drug-likeness (QED) is 0.626. The molecule has 4 rings (SSSR count). The Labute approximate surface area is 130 Å². The highest BCUT2D eigenvalue weighted by atomic mass is 16.5. The Morgan fingerprint density at radius 2 is 1.67 bits per heavy atom. The molecule has 4 saturated carbocycles. The van der Waals surface area contributed by atoms with Gasteiger partial charge in [0.25, 0.3) is 0 Å². The van der Waals surface area contributed by atoms with E-state index in [-0.39, 0.29) is 5.41 Å². The number of rotatable bonds is 5. The average Bonchev–Trinajstić information content (AvgIpc) is 2.83. The lowest BCUT2D eigenvalue weighted by Gasteiger charge is -2.39. The molecule has 0 heterocycles. The summed E-state index contributed by atoms with van der Waals surface area (Å²) in [5.74, 6) is 7.82. The summed E-state index contributed by atoms with van der Waals surface area (Å²) in [6, 6.07) is 0. The van der Waals surface area contributed by atoms with Gasteiger partial charge in [0.1, 0.15) is 6.10 Å². The van der Waals surface area contributed by atoms with Crippen molar-refractivity contribution in [3.63, 3.8) is 0 Å². The minimum Gasteiger partial charge on any atom is -0.495 e. The zero-order chi connectivity index (χ0) is 14.9. The number of allylic oxidation sites excluding steroid dienone is 1. The van der Waals surface area contributed by atoms with Crippen LogP contribution in [0.4, 0.5) is 0 Å². The van der Waals surface area contributed by atoms with Gasteiger partial charge in [-0.05, 0) is 73.5 Å². The molecular weight excluding hydrogens is 256 g/mol. The summed E-state index contributed by atoms with van der Waals surface area (Å²) in [5, 5.41) is 0. The van der Waals surface area contributed by atoms with Crippen LogP contribution in [0.2, 0.25) is 0 Å². The van der Waals surface area contributed by atoms with Crippen LogP contribution in [0.5, 0.6) is 0 Å². The monoisotopic (exact) mass is 288 g/mol. The third-order valence-electron chi connectivity index (χ3n) is 8.17. The molecule has 4 aliphatic carbocycles. The molecule has 0 spiro atoms. The second kappa shape index (κ2) is 4.52. The van der Waals surface area contributed by atoms with E-state index in [1.807, 2.05) is 0 Å². The molecule has 0 aromatic heterocycles. The Balaban J connectivity index is 1.46. The van der Waals surface area contributed by atoms with Crippen molar-refractivity contribution in [3.8, 4) is 0 Å². The molecule has 4 aliphatic rings. The summed E-state index contributed by atoms with van der Waals surface area (Å²) in [6.07, 6.45) is 7.50. The van der Waals surface area contributed by atoms with Crippen molar-refractivity contribution in [3.05, 3.63) is 12.3 Å². The van der Waals surface area contributed by atoms with E-state index >= 15 is 0 Å². The first-order valence-electron chi connectivity index (χ1n) is 9.31. The molecule has 21 heavy (non-hydrogen) atoms. The standard InChI is InChI=1S/C20H32O/c1-6-20(5,11(2)3)12(4)21-18-10-14-9-17(18)19-15-7-13(15)8-16(14)19/h11,13-19H,4,6-10H2,1-3,5H3. The summed E-state index contributed by atoms with van der Waals surface area (Å²) in [4.78, 5) is 0. The summed E-state index contributed by atoms with van der Waals surface area (Å²) in [5.41, 5.74) is 0.138. The fraction of sp³-hybridized carbons (Fsp3) is 0.900. The molecule has 0 N–H and O–H groups in total. The van der Waals surface area contributed by atoms with E-state index < -0.39 is 0 Å². The number of hydrogen-bond donors (Lipinski definition) is 0. The minimum absolute atomic E-state index is 0.138. The first-order chi connectivity index (χ1) is 9.95. The lowest BCUT2D eigenvalue weighted by molar-refractivity contribution is -0.0106. The van der Waals surface area contributed by atoms with E-state index in [2.05, 4.69) is 34.3 Å². The average molecular weight is 288 g/mol. The molecule has 0 aliphatic heterocycles. The van der Waals surface area contributed by atoms with Gasteiger partial charge in [0.15, 0.2) is 0 Å². The van der Waals surface area contributed by atoms with Gasteiger partial charge in [0.05, 0.1) is 5.76 Å². The molecular formula is C20H32O. The normalized spacial score (nSPS) is 48.9. The van der Waals surface area contributed by atoms with E-state index in [9.17, 15) is 0 Å². The summed E-state index contributed by atoms with van der Waals surface area (Å²) in [6.45, 7) is 13.6. The lowest BCUT2D eigenvalue weighted by atomic mass is 9.74. The number of ether oxygens (including phenoxy) is 1. The third-order valence-corrected chi connectivity index (χ3v) is 8.17. The Kier molecular flexibility index (Phi) is 3.05. The SMILES string of the molecule is C=C(OC1CC2CC1C1C3CC3CC21)C(C)(CC)C(C)C. The minimum atomic E-state index is 0.138. The Hall–Kier alpha value is -0.460. The van der Waals surface area contributed by atoms with E-state index in [4.69, 9.17) is 4.74 Å². The first kappa shape index (κ1) is 14.2. The van der Waals surface area contributed by atoms with Gasteiger partial charge in [-0.15, -0.1) is 0 Å². The van der Waals surface area contributed by atoms with E-state index in [1.165, 1.54) is 19.3 Å². The van der Waals surface area contributed by atoms with Crippen molar-refractivity contribution < 1.29 is 4.74 Å². The van der Waals surface area contributed by atoms with Crippen LogP contribution < -0.4 is 0 Å². The first-order valence-corrected chi connectivity index (χ1v) is 9.31. The van der Waals surface area contributed by atoms with Crippen LogP contribution in [0.25, 0.3) is 0 Å². The predicted octanol–water partition coefficient (Wildman–Crippen LogP) is 5.27. The van der Waals surface area contributed by atoms with E-state index in [0.717, 1.165) is 47.7 Å². The molecule has 0 saturated heterocycles. The van der Waals surface area contributed by atoms with Crippen LogP contribution in [0.3, 0.4) is 0 Å². The van der Waals surface area contributed by atoms with Gasteiger partial charge in [-0.25, -0.2) is 0 Å². The smallest absolute Gasteiger partial charge is 0.102 e. The van der Waals surface area contributed by atoms with Crippen LogP contribution in [0.1, 0.15) is 59.8 Å². The lowest BCUT2D eigenvalue weighted by Crippen LogP contribution is -2.35.